The lowest BCUT2D eigenvalue weighted by Gasteiger charge is -2.22. The fourth-order valence-corrected chi connectivity index (χ4v) is 3.56. The molecule has 1 fully saturated rings. The molecule has 25 heavy (non-hydrogen) atoms. The first kappa shape index (κ1) is 17.9. The van der Waals surface area contributed by atoms with Crippen molar-refractivity contribution in [1.82, 2.24) is 15.5 Å². The van der Waals surface area contributed by atoms with Gasteiger partial charge in [0.2, 0.25) is 0 Å². The number of rotatable bonds is 4. The summed E-state index contributed by atoms with van der Waals surface area (Å²) < 4.78 is 0.418. The summed E-state index contributed by atoms with van der Waals surface area (Å²) in [6.07, 6.45) is 5.47. The van der Waals surface area contributed by atoms with Crippen LogP contribution in [0.5, 0.6) is 0 Å². The zero-order valence-corrected chi connectivity index (χ0v) is 15.8. The molecular weight excluding hydrogens is 408 g/mol. The van der Waals surface area contributed by atoms with Crippen LogP contribution in [0.1, 0.15) is 53.0 Å². The standard InChI is InChI=1S/C17H18BrClN4O2/c18-13-14(17(25)20-10-6-2-1-3-7-10)22-23-15(13)21-16(24)11-8-4-5-9-12(11)19/h4-5,8-10H,1-3,6-7H2,(H,20,25)(H2,21,22,23,24). The molecule has 1 aliphatic rings. The Balaban J connectivity index is 1.69. The zero-order chi connectivity index (χ0) is 17.8. The second kappa shape index (κ2) is 8.01. The van der Waals surface area contributed by atoms with Crippen LogP contribution in [0.25, 0.3) is 0 Å². The number of H-pyrrole nitrogens is 1. The molecular formula is C17H18BrClN4O2. The summed E-state index contributed by atoms with van der Waals surface area (Å²) in [6.45, 7) is 0. The number of aromatic amines is 1. The van der Waals surface area contributed by atoms with E-state index in [9.17, 15) is 9.59 Å². The minimum Gasteiger partial charge on any atom is -0.348 e. The van der Waals surface area contributed by atoms with Crippen molar-refractivity contribution >= 4 is 45.2 Å². The summed E-state index contributed by atoms with van der Waals surface area (Å²) >= 11 is 9.36. The molecule has 0 spiro atoms. The van der Waals surface area contributed by atoms with Crippen LogP contribution in [0.2, 0.25) is 5.02 Å². The molecule has 0 unspecified atom stereocenters. The third-order valence-electron chi connectivity index (χ3n) is 4.22. The molecule has 0 aliphatic heterocycles. The number of hydrogen-bond acceptors (Lipinski definition) is 3. The van der Waals surface area contributed by atoms with E-state index in [1.165, 1.54) is 6.42 Å². The average molecular weight is 426 g/mol. The van der Waals surface area contributed by atoms with Crippen LogP contribution in [-0.4, -0.2) is 28.1 Å². The Morgan fingerprint density at radius 1 is 1.16 bits per heavy atom. The summed E-state index contributed by atoms with van der Waals surface area (Å²) in [5.74, 6) is -0.375. The minimum absolute atomic E-state index is 0.192. The molecule has 1 heterocycles. The molecule has 0 bridgehead atoms. The van der Waals surface area contributed by atoms with Crippen LogP contribution in [0.4, 0.5) is 5.82 Å². The molecule has 0 radical (unpaired) electrons. The zero-order valence-electron chi connectivity index (χ0n) is 13.4. The lowest BCUT2D eigenvalue weighted by atomic mass is 9.95. The van der Waals surface area contributed by atoms with Crippen molar-refractivity contribution in [3.05, 3.63) is 45.0 Å². The monoisotopic (exact) mass is 424 g/mol. The fraction of sp³-hybridized carbons (Fsp3) is 0.353. The van der Waals surface area contributed by atoms with Crippen molar-refractivity contribution in [2.75, 3.05) is 5.32 Å². The lowest BCUT2D eigenvalue weighted by molar-refractivity contribution is 0.0921. The highest BCUT2D eigenvalue weighted by Crippen LogP contribution is 2.26. The van der Waals surface area contributed by atoms with Crippen LogP contribution in [0.3, 0.4) is 0 Å². The van der Waals surface area contributed by atoms with E-state index in [0.29, 0.717) is 20.8 Å². The van der Waals surface area contributed by atoms with Gasteiger partial charge in [0.05, 0.1) is 15.1 Å². The van der Waals surface area contributed by atoms with E-state index in [4.69, 9.17) is 11.6 Å². The van der Waals surface area contributed by atoms with E-state index in [1.54, 1.807) is 24.3 Å². The number of nitrogens with zero attached hydrogens (tertiary/aromatic N) is 1. The molecule has 2 aromatic rings. The van der Waals surface area contributed by atoms with Gasteiger partial charge in [0, 0.05) is 6.04 Å². The minimum atomic E-state index is -0.392. The quantitative estimate of drug-likeness (QED) is 0.688. The van der Waals surface area contributed by atoms with Crippen molar-refractivity contribution in [2.24, 2.45) is 0 Å². The smallest absolute Gasteiger partial charge is 0.270 e. The van der Waals surface area contributed by atoms with Gasteiger partial charge in [-0.25, -0.2) is 0 Å². The maximum Gasteiger partial charge on any atom is 0.270 e. The van der Waals surface area contributed by atoms with Gasteiger partial charge in [-0.15, -0.1) is 0 Å². The van der Waals surface area contributed by atoms with E-state index >= 15 is 0 Å². The highest BCUT2D eigenvalue weighted by atomic mass is 79.9. The number of halogens is 2. The first-order chi connectivity index (χ1) is 12.1. The van der Waals surface area contributed by atoms with Crippen molar-refractivity contribution in [3.8, 4) is 0 Å². The van der Waals surface area contributed by atoms with Crippen LogP contribution in [0, 0.1) is 0 Å². The van der Waals surface area contributed by atoms with Crippen LogP contribution in [0.15, 0.2) is 28.7 Å². The second-order valence-corrected chi connectivity index (χ2v) is 7.20. The first-order valence-electron chi connectivity index (χ1n) is 8.17. The number of carbonyl (C=O) groups is 2. The Hall–Kier alpha value is -1.86. The molecule has 2 amide bonds. The normalized spacial score (nSPS) is 15.0. The van der Waals surface area contributed by atoms with Gasteiger partial charge in [0.25, 0.3) is 11.8 Å². The molecule has 0 saturated heterocycles. The van der Waals surface area contributed by atoms with Crippen molar-refractivity contribution in [2.45, 2.75) is 38.1 Å². The molecule has 1 saturated carbocycles. The van der Waals surface area contributed by atoms with E-state index < -0.39 is 5.91 Å². The van der Waals surface area contributed by atoms with E-state index in [0.717, 1.165) is 25.7 Å². The topological polar surface area (TPSA) is 86.9 Å². The van der Waals surface area contributed by atoms with Gasteiger partial charge in [-0.1, -0.05) is 43.0 Å². The molecule has 0 atom stereocenters. The van der Waals surface area contributed by atoms with Gasteiger partial charge in [-0.2, -0.15) is 5.10 Å². The molecule has 1 aromatic carbocycles. The third kappa shape index (κ3) is 4.22. The molecule has 3 N–H and O–H groups in total. The van der Waals surface area contributed by atoms with E-state index in [1.807, 2.05) is 0 Å². The van der Waals surface area contributed by atoms with Gasteiger partial charge in [-0.05, 0) is 40.9 Å². The van der Waals surface area contributed by atoms with Crippen molar-refractivity contribution in [1.29, 1.82) is 0 Å². The van der Waals surface area contributed by atoms with Gasteiger partial charge < -0.3 is 10.6 Å². The maximum absolute atomic E-state index is 12.4. The summed E-state index contributed by atoms with van der Waals surface area (Å²) in [7, 11) is 0. The SMILES string of the molecule is O=C(Nc1n[nH]c(C(=O)NC2CCCCC2)c1Br)c1ccccc1Cl. The Bertz CT molecular complexity index is 787. The fourth-order valence-electron chi connectivity index (χ4n) is 2.89. The largest absolute Gasteiger partial charge is 0.348 e. The third-order valence-corrected chi connectivity index (χ3v) is 5.33. The molecule has 132 valence electrons. The summed E-state index contributed by atoms with van der Waals surface area (Å²) in [6, 6.07) is 6.92. The molecule has 8 heteroatoms. The number of nitrogens with one attached hydrogen (secondary N) is 3. The van der Waals surface area contributed by atoms with Gasteiger partial charge in [0.1, 0.15) is 5.69 Å². The first-order valence-corrected chi connectivity index (χ1v) is 9.34. The van der Waals surface area contributed by atoms with Crippen LogP contribution < -0.4 is 10.6 Å². The summed E-state index contributed by atoms with van der Waals surface area (Å²) in [5.41, 5.74) is 0.632. The number of anilines is 1. The van der Waals surface area contributed by atoms with E-state index in [-0.39, 0.29) is 17.8 Å². The van der Waals surface area contributed by atoms with Crippen molar-refractivity contribution in [3.63, 3.8) is 0 Å². The maximum atomic E-state index is 12.4. The van der Waals surface area contributed by atoms with Crippen molar-refractivity contribution < 1.29 is 9.59 Å². The molecule has 6 nitrogen and oxygen atoms in total. The Kier molecular flexibility index (Phi) is 5.75. The number of aromatic nitrogens is 2. The van der Waals surface area contributed by atoms with Crippen LogP contribution >= 0.6 is 27.5 Å². The Labute approximate surface area is 158 Å². The predicted octanol–water partition coefficient (Wildman–Crippen LogP) is 4.14. The van der Waals surface area contributed by atoms with Gasteiger partial charge in [-0.3, -0.25) is 14.7 Å². The predicted molar refractivity (Wildman–Crippen MR) is 100 cm³/mol. The lowest BCUT2D eigenvalue weighted by Crippen LogP contribution is -2.36. The summed E-state index contributed by atoms with van der Waals surface area (Å²) in [4.78, 5) is 24.7. The van der Waals surface area contributed by atoms with Gasteiger partial charge >= 0.3 is 0 Å². The van der Waals surface area contributed by atoms with Gasteiger partial charge in [0.15, 0.2) is 5.82 Å². The molecule has 1 aliphatic carbocycles. The molecule has 3 rings (SSSR count). The Morgan fingerprint density at radius 2 is 1.88 bits per heavy atom. The highest BCUT2D eigenvalue weighted by molar-refractivity contribution is 9.10. The van der Waals surface area contributed by atoms with Crippen LogP contribution in [-0.2, 0) is 0 Å². The number of hydrogen-bond donors (Lipinski definition) is 3. The number of carbonyl (C=O) groups excluding carboxylic acids is 2. The molecule has 1 aromatic heterocycles. The second-order valence-electron chi connectivity index (χ2n) is 6.00. The Morgan fingerprint density at radius 3 is 2.60 bits per heavy atom. The summed E-state index contributed by atoms with van der Waals surface area (Å²) in [5, 5.41) is 12.7. The number of amides is 2. The number of benzene rings is 1. The highest BCUT2D eigenvalue weighted by Gasteiger charge is 2.22. The average Bonchev–Trinajstić information content (AvgIpc) is 2.97. The van der Waals surface area contributed by atoms with E-state index in [2.05, 4.69) is 36.8 Å².